The van der Waals surface area contributed by atoms with Gasteiger partial charge in [-0.1, -0.05) is 31.9 Å². The van der Waals surface area contributed by atoms with Crippen molar-refractivity contribution < 1.29 is 6.16 Å². The summed E-state index contributed by atoms with van der Waals surface area (Å²) >= 11 is 0. The van der Waals surface area contributed by atoms with Crippen molar-refractivity contribution in [2.75, 3.05) is 26.2 Å². The van der Waals surface area contributed by atoms with E-state index in [1.54, 1.807) is 0 Å². The summed E-state index contributed by atoms with van der Waals surface area (Å²) in [5.74, 6) is 1.01. The average molecular weight is 262 g/mol. The molecule has 0 amide bonds. The summed E-state index contributed by atoms with van der Waals surface area (Å²) in [4.78, 5) is 2.57. The highest BCUT2D eigenvalue weighted by atomic mass is 16.5. The number of benzene rings is 1. The molecule has 0 atom stereocenters. The summed E-state index contributed by atoms with van der Waals surface area (Å²) in [5, 5.41) is 0. The second-order valence-corrected chi connectivity index (χ2v) is 5.50. The Kier molecular flexibility index (Phi) is 6.22. The Morgan fingerprint density at radius 3 is 2.53 bits per heavy atom. The van der Waals surface area contributed by atoms with Crippen LogP contribution in [-0.4, -0.2) is 31.1 Å². The number of ether oxygens (including phenoxy) is 1. The zero-order valence-corrected chi connectivity index (χ0v) is 12.2. The molecule has 0 bridgehead atoms. The minimum Gasteiger partial charge on any atom is -0.494 e. The smallest absolute Gasteiger partial charge is 0.494 e. The van der Waals surface area contributed by atoms with E-state index in [9.17, 15) is 0 Å². The number of rotatable bonds is 7. The first kappa shape index (κ1) is 14.4. The summed E-state index contributed by atoms with van der Waals surface area (Å²) in [5.41, 5.74) is 1.41. The standard InChI is InChI=1S/C17H27NO/c1-2-7-16-8-10-17(11-9-16)19-15-6-14-18-12-4-3-5-13-18/h8-11H,2-7,12-15H2,1H3/p+1. The molecule has 0 aromatic heterocycles. The van der Waals surface area contributed by atoms with Gasteiger partial charge in [-0.25, -0.2) is 0 Å². The molecule has 1 aliphatic heterocycles. The number of likely N-dealkylation sites (tertiary alicyclic amines) is 1. The molecular formula is C17H28NO+. The third-order valence-corrected chi connectivity index (χ3v) is 3.80. The minimum absolute atomic E-state index is 0. The quantitative estimate of drug-likeness (QED) is 0.688. The van der Waals surface area contributed by atoms with Crippen molar-refractivity contribution in [1.29, 1.82) is 0 Å². The van der Waals surface area contributed by atoms with Gasteiger partial charge >= 0.3 is 1.43 Å². The molecule has 0 unspecified atom stereocenters. The molecule has 0 saturated carbocycles. The normalized spacial score (nSPS) is 16.5. The van der Waals surface area contributed by atoms with Gasteiger partial charge in [0.1, 0.15) is 5.75 Å². The van der Waals surface area contributed by atoms with Crippen LogP contribution in [0.2, 0.25) is 0 Å². The van der Waals surface area contributed by atoms with E-state index < -0.39 is 0 Å². The molecule has 2 nitrogen and oxygen atoms in total. The molecule has 0 radical (unpaired) electrons. The summed E-state index contributed by atoms with van der Waals surface area (Å²) in [7, 11) is 0. The van der Waals surface area contributed by atoms with Gasteiger partial charge in [-0.05, 0) is 56.5 Å². The summed E-state index contributed by atoms with van der Waals surface area (Å²) in [6, 6.07) is 8.57. The Morgan fingerprint density at radius 1 is 1.11 bits per heavy atom. The molecule has 106 valence electrons. The molecular weight excluding hydrogens is 234 g/mol. The van der Waals surface area contributed by atoms with Crippen LogP contribution < -0.4 is 4.74 Å². The number of piperidine rings is 1. The first-order valence-corrected chi connectivity index (χ1v) is 7.82. The Bertz CT molecular complexity index is 347. The van der Waals surface area contributed by atoms with Crippen LogP contribution in [0.1, 0.15) is 46.0 Å². The highest BCUT2D eigenvalue weighted by molar-refractivity contribution is 5.27. The van der Waals surface area contributed by atoms with Crippen LogP contribution in [0.5, 0.6) is 5.75 Å². The summed E-state index contributed by atoms with van der Waals surface area (Å²) in [6.45, 7) is 6.81. The largest absolute Gasteiger partial charge is 1.00 e. The average Bonchev–Trinajstić information content (AvgIpc) is 2.47. The van der Waals surface area contributed by atoms with E-state index in [-0.39, 0.29) is 1.43 Å². The maximum Gasteiger partial charge on any atom is 1.00 e. The number of aryl methyl sites for hydroxylation is 1. The van der Waals surface area contributed by atoms with E-state index in [1.165, 1.54) is 50.9 Å². The van der Waals surface area contributed by atoms with Crippen molar-refractivity contribution in [2.45, 2.75) is 45.4 Å². The van der Waals surface area contributed by atoms with Crippen LogP contribution in [0.25, 0.3) is 0 Å². The van der Waals surface area contributed by atoms with E-state index >= 15 is 0 Å². The summed E-state index contributed by atoms with van der Waals surface area (Å²) in [6.07, 6.45) is 7.67. The molecule has 1 aliphatic rings. The zero-order chi connectivity index (χ0) is 13.3. The lowest BCUT2D eigenvalue weighted by Crippen LogP contribution is -2.31. The van der Waals surface area contributed by atoms with Gasteiger partial charge in [0.25, 0.3) is 0 Å². The van der Waals surface area contributed by atoms with Crippen LogP contribution in [-0.2, 0) is 6.42 Å². The Morgan fingerprint density at radius 2 is 1.84 bits per heavy atom. The lowest BCUT2D eigenvalue weighted by atomic mass is 10.1. The molecule has 1 saturated heterocycles. The molecule has 1 aromatic rings. The zero-order valence-electron chi connectivity index (χ0n) is 13.2. The first-order valence-electron chi connectivity index (χ1n) is 7.82. The first-order chi connectivity index (χ1) is 9.38. The molecule has 0 N–H and O–H groups in total. The monoisotopic (exact) mass is 262 g/mol. The molecule has 1 fully saturated rings. The van der Waals surface area contributed by atoms with Gasteiger partial charge < -0.3 is 9.64 Å². The van der Waals surface area contributed by atoms with Crippen LogP contribution >= 0.6 is 0 Å². The SMILES string of the molecule is CCCc1ccc(OCCCN2CCCCC2)cc1.[H+]. The Hall–Kier alpha value is -1.02. The van der Waals surface area contributed by atoms with Crippen molar-refractivity contribution in [3.8, 4) is 5.75 Å². The van der Waals surface area contributed by atoms with Gasteiger partial charge in [0.2, 0.25) is 0 Å². The number of hydrogen-bond acceptors (Lipinski definition) is 2. The predicted octanol–water partition coefficient (Wildman–Crippen LogP) is 4.01. The second kappa shape index (κ2) is 8.21. The molecule has 19 heavy (non-hydrogen) atoms. The van der Waals surface area contributed by atoms with Crippen LogP contribution in [0, 0.1) is 0 Å². The van der Waals surface area contributed by atoms with Gasteiger partial charge in [0.05, 0.1) is 6.61 Å². The van der Waals surface area contributed by atoms with E-state index in [4.69, 9.17) is 4.74 Å². The summed E-state index contributed by atoms with van der Waals surface area (Å²) < 4.78 is 5.80. The van der Waals surface area contributed by atoms with Crippen molar-refractivity contribution in [2.24, 2.45) is 0 Å². The third-order valence-electron chi connectivity index (χ3n) is 3.80. The molecule has 1 aromatic carbocycles. The molecule has 1 heterocycles. The van der Waals surface area contributed by atoms with Gasteiger partial charge in [0.15, 0.2) is 0 Å². The molecule has 0 spiro atoms. The lowest BCUT2D eigenvalue weighted by molar-refractivity contribution is 0.205. The fraction of sp³-hybridized carbons (Fsp3) is 0.647. The second-order valence-electron chi connectivity index (χ2n) is 5.50. The van der Waals surface area contributed by atoms with E-state index in [2.05, 4.69) is 36.1 Å². The highest BCUT2D eigenvalue weighted by Gasteiger charge is 2.08. The highest BCUT2D eigenvalue weighted by Crippen LogP contribution is 2.14. The van der Waals surface area contributed by atoms with Crippen LogP contribution in [0.4, 0.5) is 0 Å². The van der Waals surface area contributed by atoms with E-state index in [1.807, 2.05) is 0 Å². The van der Waals surface area contributed by atoms with E-state index in [0.717, 1.165) is 25.2 Å². The topological polar surface area (TPSA) is 12.5 Å². The van der Waals surface area contributed by atoms with Crippen molar-refractivity contribution in [3.63, 3.8) is 0 Å². The van der Waals surface area contributed by atoms with Crippen LogP contribution in [0.15, 0.2) is 24.3 Å². The van der Waals surface area contributed by atoms with E-state index in [0.29, 0.717) is 0 Å². The Labute approximate surface area is 119 Å². The Balaban J connectivity index is 0.00000200. The minimum atomic E-state index is 0. The van der Waals surface area contributed by atoms with Gasteiger partial charge in [-0.3, -0.25) is 0 Å². The molecule has 0 aliphatic carbocycles. The fourth-order valence-electron chi connectivity index (χ4n) is 2.70. The maximum atomic E-state index is 5.80. The van der Waals surface area contributed by atoms with Crippen molar-refractivity contribution in [1.82, 2.24) is 4.90 Å². The fourth-order valence-corrected chi connectivity index (χ4v) is 2.70. The maximum absolute atomic E-state index is 5.80. The third kappa shape index (κ3) is 5.23. The lowest BCUT2D eigenvalue weighted by Gasteiger charge is -2.26. The predicted molar refractivity (Wildman–Crippen MR) is 82.0 cm³/mol. The molecule has 2 heteroatoms. The van der Waals surface area contributed by atoms with Gasteiger partial charge in [0, 0.05) is 6.54 Å². The van der Waals surface area contributed by atoms with Crippen LogP contribution in [0.3, 0.4) is 0 Å². The molecule has 2 rings (SSSR count). The number of hydrogen-bond donors (Lipinski definition) is 0. The van der Waals surface area contributed by atoms with Crippen molar-refractivity contribution >= 4 is 0 Å². The van der Waals surface area contributed by atoms with Crippen molar-refractivity contribution in [3.05, 3.63) is 29.8 Å². The van der Waals surface area contributed by atoms with Gasteiger partial charge in [-0.15, -0.1) is 0 Å². The number of nitrogens with zero attached hydrogens (tertiary/aromatic N) is 1. The van der Waals surface area contributed by atoms with Gasteiger partial charge in [-0.2, -0.15) is 0 Å².